The van der Waals surface area contributed by atoms with E-state index in [2.05, 4.69) is 33.8 Å². The molecule has 2 heterocycles. The van der Waals surface area contributed by atoms with Crippen LogP contribution in [-0.4, -0.2) is 40.9 Å². The summed E-state index contributed by atoms with van der Waals surface area (Å²) in [6.07, 6.45) is 10.2. The van der Waals surface area contributed by atoms with E-state index in [0.29, 0.717) is 53.4 Å². The summed E-state index contributed by atoms with van der Waals surface area (Å²) in [5.74, 6) is 3.17. The molecule has 174 valence electrons. The first kappa shape index (κ1) is 21.1. The van der Waals surface area contributed by atoms with Crippen molar-refractivity contribution >= 4 is 0 Å². The molecule has 31 heavy (non-hydrogen) atoms. The third-order valence-corrected chi connectivity index (χ3v) is 11.4. The summed E-state index contributed by atoms with van der Waals surface area (Å²) in [5, 5.41) is 21.4. The Balaban J connectivity index is 1.29. The van der Waals surface area contributed by atoms with E-state index in [1.807, 2.05) is 0 Å². The first-order valence-corrected chi connectivity index (χ1v) is 13.1. The molecule has 6 rings (SSSR count). The Kier molecular flexibility index (Phi) is 4.64. The van der Waals surface area contributed by atoms with Crippen molar-refractivity contribution in [2.45, 2.75) is 103 Å². The number of aliphatic hydroxyl groups is 2. The Bertz CT molecular complexity index is 769. The molecule has 0 bridgehead atoms. The first-order chi connectivity index (χ1) is 14.7. The van der Waals surface area contributed by atoms with Crippen molar-refractivity contribution in [1.29, 1.82) is 0 Å². The average molecular weight is 431 g/mol. The standard InChI is InChI=1S/C27H42O4/c1-15-7-10-27(30-14-15)16(2)24-22(31-27)13-21-19-6-5-17-11-18(28)12-23(29)26(17,4)20(19)8-9-25(21,24)3/h5,15-16,18-24,28-29H,6-14H2,1-4H3/t15-,16?,18?,19?,20?,21?,22?,23?,24?,25-,26-,27?/m0/s1. The molecular formula is C27H42O4. The second-order valence-corrected chi connectivity index (χ2v) is 12.8. The van der Waals surface area contributed by atoms with Crippen LogP contribution in [0.2, 0.25) is 0 Å². The Morgan fingerprint density at radius 2 is 1.84 bits per heavy atom. The second kappa shape index (κ2) is 6.81. The molecule has 0 aromatic heterocycles. The fourth-order valence-corrected chi connectivity index (χ4v) is 9.72. The SMILES string of the molecule is CC1C2C(CC3C4CC=C5CC(O)CC(O)[C@]5(C)C4CC[C@@]32C)OC12CC[C@H](C)CO2. The van der Waals surface area contributed by atoms with E-state index < -0.39 is 6.10 Å². The lowest BCUT2D eigenvalue weighted by Gasteiger charge is -2.59. The van der Waals surface area contributed by atoms with Gasteiger partial charge in [0.05, 0.1) is 24.9 Å². The molecule has 6 aliphatic rings. The van der Waals surface area contributed by atoms with Crippen molar-refractivity contribution < 1.29 is 19.7 Å². The fourth-order valence-electron chi connectivity index (χ4n) is 9.72. The summed E-state index contributed by atoms with van der Waals surface area (Å²) in [6.45, 7) is 10.4. The Labute approximate surface area is 187 Å². The number of hydrogen-bond donors (Lipinski definition) is 2. The van der Waals surface area contributed by atoms with E-state index in [1.54, 1.807) is 0 Å². The molecule has 2 saturated heterocycles. The van der Waals surface area contributed by atoms with Gasteiger partial charge in [0.2, 0.25) is 0 Å². The fraction of sp³-hybridized carbons (Fsp3) is 0.926. The lowest BCUT2D eigenvalue weighted by molar-refractivity contribution is -0.272. The summed E-state index contributed by atoms with van der Waals surface area (Å²) in [7, 11) is 0. The summed E-state index contributed by atoms with van der Waals surface area (Å²) in [4.78, 5) is 0. The third kappa shape index (κ3) is 2.68. The maximum absolute atomic E-state index is 11.1. The minimum atomic E-state index is -0.420. The van der Waals surface area contributed by atoms with Crippen molar-refractivity contribution in [1.82, 2.24) is 0 Å². The van der Waals surface area contributed by atoms with Gasteiger partial charge in [-0.15, -0.1) is 0 Å². The zero-order chi connectivity index (χ0) is 21.8. The van der Waals surface area contributed by atoms with Gasteiger partial charge < -0.3 is 19.7 Å². The Morgan fingerprint density at radius 1 is 1.03 bits per heavy atom. The van der Waals surface area contributed by atoms with Crippen LogP contribution in [0.3, 0.4) is 0 Å². The summed E-state index contributed by atoms with van der Waals surface area (Å²) >= 11 is 0. The molecule has 0 amide bonds. The van der Waals surface area contributed by atoms with Crippen molar-refractivity contribution in [3.05, 3.63) is 11.6 Å². The molecule has 1 spiro atoms. The summed E-state index contributed by atoms with van der Waals surface area (Å²) in [6, 6.07) is 0. The van der Waals surface area contributed by atoms with E-state index in [9.17, 15) is 10.2 Å². The van der Waals surface area contributed by atoms with Gasteiger partial charge in [-0.25, -0.2) is 0 Å². The van der Waals surface area contributed by atoms with Crippen molar-refractivity contribution in [3.63, 3.8) is 0 Å². The second-order valence-electron chi connectivity index (χ2n) is 12.8. The molecular weight excluding hydrogens is 388 g/mol. The highest BCUT2D eigenvalue weighted by molar-refractivity contribution is 5.28. The van der Waals surface area contributed by atoms with Crippen LogP contribution in [0.25, 0.3) is 0 Å². The highest BCUT2D eigenvalue weighted by Gasteiger charge is 2.69. The molecule has 3 saturated carbocycles. The van der Waals surface area contributed by atoms with E-state index in [4.69, 9.17) is 9.47 Å². The molecule has 0 aromatic rings. The van der Waals surface area contributed by atoms with Gasteiger partial charge >= 0.3 is 0 Å². The summed E-state index contributed by atoms with van der Waals surface area (Å²) in [5.41, 5.74) is 1.48. The van der Waals surface area contributed by atoms with E-state index in [-0.39, 0.29) is 17.3 Å². The molecule has 4 aliphatic carbocycles. The Hall–Kier alpha value is -0.420. The largest absolute Gasteiger partial charge is 0.393 e. The quantitative estimate of drug-likeness (QED) is 0.548. The normalized spacial score (nSPS) is 60.7. The smallest absolute Gasteiger partial charge is 0.171 e. The van der Waals surface area contributed by atoms with Crippen LogP contribution in [0.15, 0.2) is 11.6 Å². The highest BCUT2D eigenvalue weighted by Crippen LogP contribution is 2.70. The number of fused-ring (bicyclic) bond motifs is 7. The zero-order valence-electron chi connectivity index (χ0n) is 19.8. The van der Waals surface area contributed by atoms with Crippen molar-refractivity contribution in [2.24, 2.45) is 46.3 Å². The van der Waals surface area contributed by atoms with Gasteiger partial charge in [0.15, 0.2) is 5.79 Å². The lowest BCUT2D eigenvalue weighted by atomic mass is 9.46. The number of rotatable bonds is 0. The van der Waals surface area contributed by atoms with E-state index in [1.165, 1.54) is 24.8 Å². The molecule has 9 unspecified atom stereocenters. The minimum absolute atomic E-state index is 0.155. The maximum Gasteiger partial charge on any atom is 0.171 e. The highest BCUT2D eigenvalue weighted by atomic mass is 16.7. The van der Waals surface area contributed by atoms with Crippen LogP contribution in [0.5, 0.6) is 0 Å². The van der Waals surface area contributed by atoms with Gasteiger partial charge in [0.25, 0.3) is 0 Å². The average Bonchev–Trinajstić information content (AvgIpc) is 3.16. The first-order valence-electron chi connectivity index (χ1n) is 13.1. The Morgan fingerprint density at radius 3 is 2.58 bits per heavy atom. The van der Waals surface area contributed by atoms with Crippen LogP contribution in [0.4, 0.5) is 0 Å². The minimum Gasteiger partial charge on any atom is -0.393 e. The van der Waals surface area contributed by atoms with Crippen molar-refractivity contribution in [3.8, 4) is 0 Å². The maximum atomic E-state index is 11.1. The van der Waals surface area contributed by atoms with Gasteiger partial charge in [-0.2, -0.15) is 0 Å². The third-order valence-electron chi connectivity index (χ3n) is 11.4. The van der Waals surface area contributed by atoms with Crippen LogP contribution >= 0.6 is 0 Å². The number of allylic oxidation sites excluding steroid dienone is 1. The molecule has 4 nitrogen and oxygen atoms in total. The molecule has 2 N–H and O–H groups in total. The molecule has 0 aromatic carbocycles. The van der Waals surface area contributed by atoms with Crippen LogP contribution in [-0.2, 0) is 9.47 Å². The number of aliphatic hydroxyl groups excluding tert-OH is 2. The predicted molar refractivity (Wildman–Crippen MR) is 119 cm³/mol. The molecule has 2 aliphatic heterocycles. The monoisotopic (exact) mass is 430 g/mol. The molecule has 0 radical (unpaired) electrons. The molecule has 5 fully saturated rings. The number of hydrogen-bond acceptors (Lipinski definition) is 4. The lowest BCUT2D eigenvalue weighted by Crippen LogP contribution is -2.56. The van der Waals surface area contributed by atoms with Crippen LogP contribution < -0.4 is 0 Å². The van der Waals surface area contributed by atoms with Gasteiger partial charge in [0, 0.05) is 24.2 Å². The van der Waals surface area contributed by atoms with Gasteiger partial charge in [0.1, 0.15) is 0 Å². The van der Waals surface area contributed by atoms with Gasteiger partial charge in [-0.3, -0.25) is 0 Å². The van der Waals surface area contributed by atoms with Crippen LogP contribution in [0, 0.1) is 46.3 Å². The van der Waals surface area contributed by atoms with Crippen LogP contribution in [0.1, 0.15) is 79.1 Å². The molecule has 12 atom stereocenters. The predicted octanol–water partition coefficient (Wildman–Crippen LogP) is 4.68. The van der Waals surface area contributed by atoms with Gasteiger partial charge in [-0.05, 0) is 73.5 Å². The topological polar surface area (TPSA) is 58.9 Å². The van der Waals surface area contributed by atoms with E-state index in [0.717, 1.165) is 32.3 Å². The zero-order valence-corrected chi connectivity index (χ0v) is 19.8. The number of ether oxygens (including phenoxy) is 2. The summed E-state index contributed by atoms with van der Waals surface area (Å²) < 4.78 is 13.3. The van der Waals surface area contributed by atoms with E-state index >= 15 is 0 Å². The van der Waals surface area contributed by atoms with Gasteiger partial charge in [-0.1, -0.05) is 39.3 Å². The molecule has 4 heteroatoms. The van der Waals surface area contributed by atoms with Crippen molar-refractivity contribution in [2.75, 3.05) is 6.61 Å².